The third-order valence-corrected chi connectivity index (χ3v) is 5.91. The van der Waals surface area contributed by atoms with E-state index in [9.17, 15) is 4.79 Å². The Labute approximate surface area is 172 Å². The Bertz CT molecular complexity index is 757. The lowest BCUT2D eigenvalue weighted by molar-refractivity contribution is 0.0924. The Morgan fingerprint density at radius 2 is 1.89 bits per heavy atom. The molecule has 28 heavy (non-hydrogen) atoms. The number of ether oxygens (including phenoxy) is 1. The third-order valence-electron chi connectivity index (χ3n) is 5.29. The molecule has 150 valence electrons. The molecular formula is C23H30N2O2S. The van der Waals surface area contributed by atoms with Gasteiger partial charge in [-0.05, 0) is 67.6 Å². The molecule has 1 N–H and O–H groups in total. The van der Waals surface area contributed by atoms with Crippen LogP contribution in [0.25, 0.3) is 0 Å². The van der Waals surface area contributed by atoms with Gasteiger partial charge in [-0.2, -0.15) is 11.8 Å². The molecule has 1 atom stereocenters. The maximum absolute atomic E-state index is 12.8. The lowest BCUT2D eigenvalue weighted by Crippen LogP contribution is -2.40. The highest BCUT2D eigenvalue weighted by Crippen LogP contribution is 2.26. The van der Waals surface area contributed by atoms with Crippen LogP contribution in [-0.4, -0.2) is 43.8 Å². The predicted molar refractivity (Wildman–Crippen MR) is 117 cm³/mol. The van der Waals surface area contributed by atoms with E-state index in [2.05, 4.69) is 34.7 Å². The van der Waals surface area contributed by atoms with Crippen LogP contribution in [0.4, 0.5) is 0 Å². The smallest absolute Gasteiger partial charge is 0.251 e. The standard InChI is InChI=1S/C23H30N2O2S/c1-27-21-11-9-19(10-12-21)22(25-13-4-3-5-14-25)16-24-23(26)20-8-6-7-18(15-20)17-28-2/h6-12,15,22H,3-5,13-14,16-17H2,1-2H3,(H,24,26). The number of nitrogens with zero attached hydrogens (tertiary/aromatic N) is 1. The fourth-order valence-corrected chi connectivity index (χ4v) is 4.29. The average molecular weight is 399 g/mol. The second-order valence-electron chi connectivity index (χ2n) is 7.23. The van der Waals surface area contributed by atoms with E-state index in [1.54, 1.807) is 18.9 Å². The number of piperidine rings is 1. The molecule has 1 aliphatic heterocycles. The number of carbonyl (C=O) groups excluding carboxylic acids is 1. The minimum Gasteiger partial charge on any atom is -0.497 e. The second-order valence-corrected chi connectivity index (χ2v) is 8.10. The Kier molecular flexibility index (Phi) is 7.80. The summed E-state index contributed by atoms with van der Waals surface area (Å²) in [5.41, 5.74) is 3.14. The highest BCUT2D eigenvalue weighted by atomic mass is 32.2. The molecule has 1 fully saturated rings. The largest absolute Gasteiger partial charge is 0.497 e. The van der Waals surface area contributed by atoms with E-state index in [0.29, 0.717) is 6.54 Å². The molecule has 1 saturated heterocycles. The number of thioether (sulfide) groups is 1. The first-order chi connectivity index (χ1) is 13.7. The Balaban J connectivity index is 1.71. The topological polar surface area (TPSA) is 41.6 Å². The van der Waals surface area contributed by atoms with Crippen LogP contribution in [-0.2, 0) is 5.75 Å². The minimum absolute atomic E-state index is 0.00141. The van der Waals surface area contributed by atoms with E-state index < -0.39 is 0 Å². The van der Waals surface area contributed by atoms with Crippen molar-refractivity contribution in [3.8, 4) is 5.75 Å². The summed E-state index contributed by atoms with van der Waals surface area (Å²) in [5.74, 6) is 1.78. The van der Waals surface area contributed by atoms with Gasteiger partial charge in [0, 0.05) is 17.9 Å². The van der Waals surface area contributed by atoms with Gasteiger partial charge in [0.2, 0.25) is 0 Å². The van der Waals surface area contributed by atoms with Crippen molar-refractivity contribution >= 4 is 17.7 Å². The summed E-state index contributed by atoms with van der Waals surface area (Å²) in [6.07, 6.45) is 5.81. The molecule has 0 aromatic heterocycles. The molecule has 1 heterocycles. The van der Waals surface area contributed by atoms with Gasteiger partial charge in [0.1, 0.15) is 5.75 Å². The van der Waals surface area contributed by atoms with Crippen molar-refractivity contribution in [3.63, 3.8) is 0 Å². The van der Waals surface area contributed by atoms with Crippen LogP contribution in [0.15, 0.2) is 48.5 Å². The zero-order valence-corrected chi connectivity index (χ0v) is 17.6. The van der Waals surface area contributed by atoms with E-state index in [1.807, 2.05) is 30.3 Å². The molecule has 0 aliphatic carbocycles. The number of hydrogen-bond donors (Lipinski definition) is 1. The van der Waals surface area contributed by atoms with E-state index in [-0.39, 0.29) is 11.9 Å². The summed E-state index contributed by atoms with van der Waals surface area (Å²) in [4.78, 5) is 15.3. The fraction of sp³-hybridized carbons (Fsp3) is 0.435. The van der Waals surface area contributed by atoms with E-state index in [4.69, 9.17) is 4.74 Å². The summed E-state index contributed by atoms with van der Waals surface area (Å²) in [6, 6.07) is 16.3. The number of rotatable bonds is 8. The van der Waals surface area contributed by atoms with Gasteiger partial charge in [0.25, 0.3) is 5.91 Å². The quantitative estimate of drug-likeness (QED) is 0.710. The van der Waals surface area contributed by atoms with E-state index in [1.165, 1.54) is 30.4 Å². The first-order valence-electron chi connectivity index (χ1n) is 9.95. The van der Waals surface area contributed by atoms with Gasteiger partial charge in [-0.3, -0.25) is 9.69 Å². The van der Waals surface area contributed by atoms with Crippen molar-refractivity contribution in [2.75, 3.05) is 33.0 Å². The zero-order valence-electron chi connectivity index (χ0n) is 16.8. The Morgan fingerprint density at radius 3 is 2.57 bits per heavy atom. The maximum Gasteiger partial charge on any atom is 0.251 e. The van der Waals surface area contributed by atoms with Gasteiger partial charge < -0.3 is 10.1 Å². The SMILES string of the molecule is COc1ccc(C(CNC(=O)c2cccc(CSC)c2)N2CCCCC2)cc1. The summed E-state index contributed by atoms with van der Waals surface area (Å²) in [5, 5.41) is 3.17. The van der Waals surface area contributed by atoms with Gasteiger partial charge >= 0.3 is 0 Å². The van der Waals surface area contributed by atoms with Crippen molar-refractivity contribution in [2.24, 2.45) is 0 Å². The normalized spacial score (nSPS) is 15.8. The van der Waals surface area contributed by atoms with Crippen molar-refractivity contribution in [2.45, 2.75) is 31.1 Å². The minimum atomic E-state index is -0.00141. The third kappa shape index (κ3) is 5.52. The monoisotopic (exact) mass is 398 g/mol. The van der Waals surface area contributed by atoms with Gasteiger partial charge in [-0.15, -0.1) is 0 Å². The molecular weight excluding hydrogens is 368 g/mol. The molecule has 0 bridgehead atoms. The number of likely N-dealkylation sites (tertiary alicyclic amines) is 1. The lowest BCUT2D eigenvalue weighted by Gasteiger charge is -2.35. The number of carbonyl (C=O) groups is 1. The molecule has 2 aromatic rings. The highest BCUT2D eigenvalue weighted by Gasteiger charge is 2.23. The van der Waals surface area contributed by atoms with E-state index >= 15 is 0 Å². The Hall–Kier alpha value is -1.98. The van der Waals surface area contributed by atoms with Gasteiger partial charge in [0.05, 0.1) is 13.2 Å². The number of nitrogens with one attached hydrogen (secondary N) is 1. The molecule has 1 unspecified atom stereocenters. The molecule has 2 aromatic carbocycles. The van der Waals surface area contributed by atoms with Crippen LogP contribution in [0.3, 0.4) is 0 Å². The number of benzene rings is 2. The highest BCUT2D eigenvalue weighted by molar-refractivity contribution is 7.97. The number of methoxy groups -OCH3 is 1. The molecule has 0 saturated carbocycles. The molecule has 1 aliphatic rings. The molecule has 1 amide bonds. The van der Waals surface area contributed by atoms with Crippen LogP contribution in [0.2, 0.25) is 0 Å². The Morgan fingerprint density at radius 1 is 1.14 bits per heavy atom. The van der Waals surface area contributed by atoms with Gasteiger partial charge in [-0.1, -0.05) is 30.7 Å². The van der Waals surface area contributed by atoms with Gasteiger partial charge in [0.15, 0.2) is 0 Å². The number of hydrogen-bond acceptors (Lipinski definition) is 4. The molecule has 5 heteroatoms. The first-order valence-corrected chi connectivity index (χ1v) is 11.3. The number of amides is 1. The fourth-order valence-electron chi connectivity index (χ4n) is 3.77. The van der Waals surface area contributed by atoms with Crippen LogP contribution < -0.4 is 10.1 Å². The van der Waals surface area contributed by atoms with Crippen LogP contribution >= 0.6 is 11.8 Å². The van der Waals surface area contributed by atoms with Crippen LogP contribution in [0, 0.1) is 0 Å². The summed E-state index contributed by atoms with van der Waals surface area (Å²) < 4.78 is 5.30. The van der Waals surface area contributed by atoms with Crippen molar-refractivity contribution in [3.05, 3.63) is 65.2 Å². The summed E-state index contributed by atoms with van der Waals surface area (Å²) in [6.45, 7) is 2.77. The average Bonchev–Trinajstić information content (AvgIpc) is 2.75. The maximum atomic E-state index is 12.8. The van der Waals surface area contributed by atoms with Crippen LogP contribution in [0.1, 0.15) is 46.8 Å². The summed E-state index contributed by atoms with van der Waals surface area (Å²) >= 11 is 1.76. The molecule has 0 spiro atoms. The van der Waals surface area contributed by atoms with Crippen molar-refractivity contribution in [1.82, 2.24) is 10.2 Å². The molecule has 0 radical (unpaired) electrons. The second kappa shape index (κ2) is 10.5. The van der Waals surface area contributed by atoms with Crippen LogP contribution in [0.5, 0.6) is 5.75 Å². The van der Waals surface area contributed by atoms with Crippen molar-refractivity contribution < 1.29 is 9.53 Å². The zero-order chi connectivity index (χ0) is 19.8. The van der Waals surface area contributed by atoms with Gasteiger partial charge in [-0.25, -0.2) is 0 Å². The lowest BCUT2D eigenvalue weighted by atomic mass is 10.0. The molecule has 3 rings (SSSR count). The summed E-state index contributed by atoms with van der Waals surface area (Å²) in [7, 11) is 1.68. The predicted octanol–water partition coefficient (Wildman–Crippen LogP) is 4.52. The van der Waals surface area contributed by atoms with E-state index in [0.717, 1.165) is 30.2 Å². The molecule has 4 nitrogen and oxygen atoms in total. The first kappa shape index (κ1) is 20.7. The van der Waals surface area contributed by atoms with Crippen molar-refractivity contribution in [1.29, 1.82) is 0 Å².